The second kappa shape index (κ2) is 5.93. The Kier molecular flexibility index (Phi) is 4.28. The SMILES string of the molecule is OCCN(c1cnc(CO)cn1)C1CCCC1. The van der Waals surface area contributed by atoms with Crippen LogP contribution < -0.4 is 4.90 Å². The smallest absolute Gasteiger partial charge is 0.147 e. The first-order valence-electron chi connectivity index (χ1n) is 6.14. The van der Waals surface area contributed by atoms with Crippen molar-refractivity contribution in [3.8, 4) is 0 Å². The molecule has 1 aliphatic rings. The molecule has 0 saturated heterocycles. The molecule has 1 heterocycles. The summed E-state index contributed by atoms with van der Waals surface area (Å²) in [5.74, 6) is 0.795. The molecule has 0 radical (unpaired) electrons. The van der Waals surface area contributed by atoms with Gasteiger partial charge in [0.1, 0.15) is 5.82 Å². The number of aliphatic hydroxyl groups excluding tert-OH is 2. The highest BCUT2D eigenvalue weighted by molar-refractivity contribution is 5.37. The van der Waals surface area contributed by atoms with E-state index in [-0.39, 0.29) is 13.2 Å². The van der Waals surface area contributed by atoms with Crippen LogP contribution in [0.25, 0.3) is 0 Å². The van der Waals surface area contributed by atoms with Crippen molar-refractivity contribution in [3.05, 3.63) is 18.1 Å². The van der Waals surface area contributed by atoms with Gasteiger partial charge in [0.25, 0.3) is 0 Å². The van der Waals surface area contributed by atoms with Crippen LogP contribution in [0, 0.1) is 0 Å². The minimum atomic E-state index is -0.0866. The number of hydrogen-bond acceptors (Lipinski definition) is 5. The molecule has 1 fully saturated rings. The Morgan fingerprint density at radius 2 is 1.94 bits per heavy atom. The highest BCUT2D eigenvalue weighted by atomic mass is 16.3. The molecule has 5 heteroatoms. The Morgan fingerprint density at radius 3 is 2.47 bits per heavy atom. The van der Waals surface area contributed by atoms with Crippen LogP contribution in [0.2, 0.25) is 0 Å². The molecular formula is C12H19N3O2. The predicted molar refractivity (Wildman–Crippen MR) is 64.6 cm³/mol. The van der Waals surface area contributed by atoms with Crippen LogP contribution >= 0.6 is 0 Å². The van der Waals surface area contributed by atoms with E-state index >= 15 is 0 Å². The van der Waals surface area contributed by atoms with Gasteiger partial charge in [-0.15, -0.1) is 0 Å². The monoisotopic (exact) mass is 237 g/mol. The van der Waals surface area contributed by atoms with Gasteiger partial charge in [-0.25, -0.2) is 4.98 Å². The van der Waals surface area contributed by atoms with Gasteiger partial charge in [-0.2, -0.15) is 0 Å². The van der Waals surface area contributed by atoms with E-state index in [1.54, 1.807) is 12.4 Å². The molecule has 0 aromatic carbocycles. The van der Waals surface area contributed by atoms with Crippen molar-refractivity contribution in [2.24, 2.45) is 0 Å². The van der Waals surface area contributed by atoms with E-state index in [9.17, 15) is 0 Å². The summed E-state index contributed by atoms with van der Waals surface area (Å²) in [6.45, 7) is 0.633. The molecule has 1 aliphatic carbocycles. The number of hydrogen-bond donors (Lipinski definition) is 2. The summed E-state index contributed by atoms with van der Waals surface area (Å²) in [4.78, 5) is 10.6. The number of aromatic nitrogens is 2. The molecular weight excluding hydrogens is 218 g/mol. The molecule has 94 valence electrons. The fourth-order valence-electron chi connectivity index (χ4n) is 2.39. The van der Waals surface area contributed by atoms with Crippen LogP contribution in [0.5, 0.6) is 0 Å². The van der Waals surface area contributed by atoms with E-state index in [1.807, 2.05) is 0 Å². The van der Waals surface area contributed by atoms with Crippen LogP contribution in [-0.4, -0.2) is 39.4 Å². The quantitative estimate of drug-likeness (QED) is 0.789. The van der Waals surface area contributed by atoms with Gasteiger partial charge < -0.3 is 15.1 Å². The van der Waals surface area contributed by atoms with E-state index in [4.69, 9.17) is 10.2 Å². The topological polar surface area (TPSA) is 69.5 Å². The lowest BCUT2D eigenvalue weighted by atomic mass is 10.2. The first-order valence-corrected chi connectivity index (χ1v) is 6.14. The largest absolute Gasteiger partial charge is 0.395 e. The van der Waals surface area contributed by atoms with Crippen molar-refractivity contribution in [3.63, 3.8) is 0 Å². The van der Waals surface area contributed by atoms with Gasteiger partial charge >= 0.3 is 0 Å². The van der Waals surface area contributed by atoms with Gasteiger partial charge in [0.05, 0.1) is 31.3 Å². The zero-order valence-corrected chi connectivity index (χ0v) is 9.92. The van der Waals surface area contributed by atoms with Crippen LogP contribution in [0.1, 0.15) is 31.4 Å². The summed E-state index contributed by atoms with van der Waals surface area (Å²) in [5.41, 5.74) is 0.573. The Bertz CT molecular complexity index is 336. The molecule has 0 spiro atoms. The zero-order valence-electron chi connectivity index (χ0n) is 9.92. The highest BCUT2D eigenvalue weighted by Gasteiger charge is 2.23. The van der Waals surface area contributed by atoms with Crippen molar-refractivity contribution in [1.29, 1.82) is 0 Å². The van der Waals surface area contributed by atoms with Gasteiger partial charge in [-0.05, 0) is 12.8 Å². The van der Waals surface area contributed by atoms with Crippen molar-refractivity contribution < 1.29 is 10.2 Å². The average molecular weight is 237 g/mol. The van der Waals surface area contributed by atoms with Crippen LogP contribution in [0.4, 0.5) is 5.82 Å². The standard InChI is InChI=1S/C12H19N3O2/c16-6-5-15(11-3-1-2-4-11)12-8-13-10(9-17)7-14-12/h7-8,11,16-17H,1-6,9H2. The molecule has 0 aliphatic heterocycles. The summed E-state index contributed by atoms with van der Waals surface area (Å²) in [5, 5.41) is 18.1. The zero-order chi connectivity index (χ0) is 12.1. The average Bonchev–Trinajstić information content (AvgIpc) is 2.90. The third-order valence-electron chi connectivity index (χ3n) is 3.25. The molecule has 17 heavy (non-hydrogen) atoms. The molecule has 1 aromatic rings. The Labute approximate surface area is 101 Å². The number of anilines is 1. The van der Waals surface area contributed by atoms with Crippen molar-refractivity contribution in [1.82, 2.24) is 9.97 Å². The van der Waals surface area contributed by atoms with Gasteiger partial charge in [0.2, 0.25) is 0 Å². The molecule has 0 atom stereocenters. The van der Waals surface area contributed by atoms with Crippen LogP contribution in [0.15, 0.2) is 12.4 Å². The van der Waals surface area contributed by atoms with Crippen LogP contribution in [-0.2, 0) is 6.61 Å². The van der Waals surface area contributed by atoms with Crippen LogP contribution in [0.3, 0.4) is 0 Å². The molecule has 2 N–H and O–H groups in total. The number of nitrogens with zero attached hydrogens (tertiary/aromatic N) is 3. The van der Waals surface area contributed by atoms with Crippen molar-refractivity contribution in [2.75, 3.05) is 18.1 Å². The predicted octanol–water partition coefficient (Wildman–Crippen LogP) is 0.710. The summed E-state index contributed by atoms with van der Waals surface area (Å²) < 4.78 is 0. The maximum Gasteiger partial charge on any atom is 0.147 e. The normalized spacial score (nSPS) is 16.4. The van der Waals surface area contributed by atoms with Gasteiger partial charge in [-0.3, -0.25) is 4.98 Å². The number of rotatable bonds is 5. The van der Waals surface area contributed by atoms with E-state index in [0.717, 1.165) is 18.7 Å². The van der Waals surface area contributed by atoms with Crippen molar-refractivity contribution in [2.45, 2.75) is 38.3 Å². The highest BCUT2D eigenvalue weighted by Crippen LogP contribution is 2.26. The second-order valence-corrected chi connectivity index (χ2v) is 4.38. The van der Waals surface area contributed by atoms with E-state index < -0.39 is 0 Å². The Hall–Kier alpha value is -1.20. The minimum Gasteiger partial charge on any atom is -0.395 e. The van der Waals surface area contributed by atoms with Gasteiger partial charge in [0, 0.05) is 12.6 Å². The second-order valence-electron chi connectivity index (χ2n) is 4.38. The van der Waals surface area contributed by atoms with E-state index in [0.29, 0.717) is 18.3 Å². The minimum absolute atomic E-state index is 0.0866. The lowest BCUT2D eigenvalue weighted by molar-refractivity contribution is 0.276. The molecule has 0 bridgehead atoms. The first kappa shape index (κ1) is 12.3. The first-order chi connectivity index (χ1) is 8.35. The summed E-state index contributed by atoms with van der Waals surface area (Å²) in [6.07, 6.45) is 8.07. The lowest BCUT2D eigenvalue weighted by Crippen LogP contribution is -2.36. The fourth-order valence-corrected chi connectivity index (χ4v) is 2.39. The Balaban J connectivity index is 2.12. The van der Waals surface area contributed by atoms with Gasteiger partial charge in [-0.1, -0.05) is 12.8 Å². The maximum atomic E-state index is 9.13. The maximum absolute atomic E-state index is 9.13. The molecule has 0 amide bonds. The Morgan fingerprint density at radius 1 is 1.18 bits per heavy atom. The fraction of sp³-hybridized carbons (Fsp3) is 0.667. The molecule has 5 nitrogen and oxygen atoms in total. The molecule has 1 saturated carbocycles. The van der Waals surface area contributed by atoms with Gasteiger partial charge in [0.15, 0.2) is 0 Å². The summed E-state index contributed by atoms with van der Waals surface area (Å²) in [6, 6.07) is 0.469. The molecule has 0 unspecified atom stereocenters. The summed E-state index contributed by atoms with van der Waals surface area (Å²) in [7, 11) is 0. The third kappa shape index (κ3) is 2.92. The summed E-state index contributed by atoms with van der Waals surface area (Å²) >= 11 is 0. The third-order valence-corrected chi connectivity index (χ3v) is 3.25. The lowest BCUT2D eigenvalue weighted by Gasteiger charge is -2.29. The molecule has 2 rings (SSSR count). The van der Waals surface area contributed by atoms with Crippen molar-refractivity contribution >= 4 is 5.82 Å². The molecule has 1 aromatic heterocycles. The van der Waals surface area contributed by atoms with E-state index in [2.05, 4.69) is 14.9 Å². The van der Waals surface area contributed by atoms with E-state index in [1.165, 1.54) is 12.8 Å². The number of aliphatic hydroxyl groups is 2.